The summed E-state index contributed by atoms with van der Waals surface area (Å²) in [7, 11) is 0. The van der Waals surface area contributed by atoms with Crippen molar-refractivity contribution in [1.82, 2.24) is 0 Å². The summed E-state index contributed by atoms with van der Waals surface area (Å²) in [5, 5.41) is 0. The maximum Gasteiger partial charge on any atom is -0.0329 e. The first kappa shape index (κ1) is 76.7. The van der Waals surface area contributed by atoms with Crippen LogP contribution in [0.2, 0.25) is 0 Å². The Kier molecular flexibility index (Phi) is 29.4. The molecule has 0 nitrogen and oxygen atoms in total. The van der Waals surface area contributed by atoms with Crippen LogP contribution in [0.25, 0.3) is 0 Å². The summed E-state index contributed by atoms with van der Waals surface area (Å²) in [5.41, 5.74) is 0. The first-order valence-corrected chi connectivity index (χ1v) is 43.2. The average molecular weight is 1260 g/mol. The molecule has 18 rings (SSSR count). The zero-order valence-corrected chi connectivity index (χ0v) is 66.4. The molecule has 4 unspecified atom stereocenters. The smallest absolute Gasteiger partial charge is 0.0329 e. The first-order chi connectivity index (χ1) is 43.2. The largest absolute Gasteiger partial charge is 0.0656 e. The molecule has 0 radical (unpaired) electrons. The third kappa shape index (κ3) is 18.0. The molecule has 0 spiro atoms. The molecule has 18 aliphatic rings. The van der Waals surface area contributed by atoms with E-state index >= 15 is 0 Å². The quantitative estimate of drug-likeness (QED) is 0.259. The minimum absolute atomic E-state index is 0.919. The van der Waals surface area contributed by atoms with Gasteiger partial charge in [0.2, 0.25) is 0 Å². The van der Waals surface area contributed by atoms with E-state index in [0.29, 0.717) is 0 Å². The third-order valence-electron chi connectivity index (χ3n) is 35.2. The molecule has 91 heavy (non-hydrogen) atoms. The summed E-state index contributed by atoms with van der Waals surface area (Å²) in [6.45, 7) is 57.2. The number of fused-ring (bicyclic) bond motifs is 18. The van der Waals surface area contributed by atoms with E-state index in [-0.39, 0.29) is 0 Å². The van der Waals surface area contributed by atoms with Gasteiger partial charge in [0.15, 0.2) is 0 Å². The number of hydrogen-bond donors (Lipinski definition) is 0. The van der Waals surface area contributed by atoms with Gasteiger partial charge in [0.1, 0.15) is 0 Å². The summed E-state index contributed by atoms with van der Waals surface area (Å²) in [6, 6.07) is 0. The predicted octanol–water partition coefficient (Wildman–Crippen LogP) is 28.3. The summed E-state index contributed by atoms with van der Waals surface area (Å²) in [4.78, 5) is 0. The van der Waals surface area contributed by atoms with E-state index in [2.05, 4.69) is 166 Å². The van der Waals surface area contributed by atoms with Gasteiger partial charge in [-0.15, -0.1) is 0 Å². The van der Waals surface area contributed by atoms with E-state index in [1.165, 1.54) is 128 Å². The van der Waals surface area contributed by atoms with Crippen LogP contribution in [0.1, 0.15) is 352 Å². The molecule has 18 aliphatic carbocycles. The summed E-state index contributed by atoms with van der Waals surface area (Å²) < 4.78 is 0. The molecule has 0 aromatic carbocycles. The van der Waals surface area contributed by atoms with Crippen molar-refractivity contribution in [2.45, 2.75) is 352 Å². The van der Waals surface area contributed by atoms with Crippen LogP contribution in [0.3, 0.4) is 0 Å². The molecular formula is C91H168. The van der Waals surface area contributed by atoms with Crippen LogP contribution in [0.4, 0.5) is 0 Å². The summed E-state index contributed by atoms with van der Waals surface area (Å²) in [5.74, 6) is 40.7. The monoisotopic (exact) mass is 1260 g/mol. The second-order valence-electron chi connectivity index (χ2n) is 39.8. The standard InChI is InChI=1S/C13H24.8C9H16.2C3H8/c1-8(2)12-10-5-6-11(7-10)13(12)9(3)4;8*1-6-7(2)9-4-3-8(6)5-9;2*1-3-2/h8-13H,5-7H2,1-4H3;8*6-9H,3-5H2,1-2H3;2*3H2,1-2H3/t;2*6-,7+,8+,9-;2*6-,7+,8-,9+;4*6-,7-,8-,9+;;/m.....1100../s1. The third-order valence-corrected chi connectivity index (χ3v) is 35.2. The SMILES string of the molecule is CC(C)C1C2CCC(C2)C1C(C)C.CCC.CCC.C[C@@H]1[C@@H]2CC[C@@H](C2)[C@@H]1C.C[C@@H]1[C@@H]2CC[C@@H](C2)[C@@H]1C.C[C@@H]1[C@@H]2CC[C@@H](C2)[C@H]1C.C[C@@H]1[C@@H]2CC[C@@H](C2)[C@H]1C.C[C@@H]1[C@H]2CC[C@H](C2)[C@@H]1C.C[C@@H]1[C@H]2CC[C@H](C2)[C@@H]1C.C[C@H]1[C@@H]2CC[C@@H](C2)[C@@H]1C.C[C@H]1[C@@H]2CC[C@@H](C2)[C@@H]1C. The molecule has 0 amide bonds. The Hall–Kier alpha value is 0. The highest BCUT2D eigenvalue weighted by atomic mass is 14.6. The second kappa shape index (κ2) is 34.9. The van der Waals surface area contributed by atoms with Crippen molar-refractivity contribution < 1.29 is 0 Å². The minimum Gasteiger partial charge on any atom is -0.0656 e. The molecule has 18 bridgehead atoms. The lowest BCUT2D eigenvalue weighted by Crippen LogP contribution is -2.30. The van der Waals surface area contributed by atoms with Gasteiger partial charge in [-0.05, 0) is 398 Å². The van der Waals surface area contributed by atoms with E-state index < -0.39 is 0 Å². The van der Waals surface area contributed by atoms with E-state index in [4.69, 9.17) is 0 Å². The summed E-state index contributed by atoms with van der Waals surface area (Å²) in [6.07, 6.45) is 44.2. The van der Waals surface area contributed by atoms with Gasteiger partial charge in [-0.25, -0.2) is 0 Å². The fourth-order valence-corrected chi connectivity index (χ4v) is 27.3. The topological polar surface area (TPSA) is 0 Å². The lowest BCUT2D eigenvalue weighted by atomic mass is 9.69. The van der Waals surface area contributed by atoms with Gasteiger partial charge in [-0.2, -0.15) is 0 Å². The Balaban J connectivity index is 0.000000131. The van der Waals surface area contributed by atoms with Crippen LogP contribution < -0.4 is 0 Å². The van der Waals surface area contributed by atoms with Crippen LogP contribution in [0.5, 0.6) is 0 Å². The Morgan fingerprint density at radius 2 is 0.242 bits per heavy atom. The van der Waals surface area contributed by atoms with E-state index in [1.54, 1.807) is 57.8 Å². The molecule has 532 valence electrons. The summed E-state index contributed by atoms with van der Waals surface area (Å²) >= 11 is 0. The minimum atomic E-state index is 0.919. The molecule has 36 atom stereocenters. The molecular weight excluding hydrogens is 1090 g/mol. The second-order valence-corrected chi connectivity index (χ2v) is 39.8. The average Bonchev–Trinajstić information content (AvgIpc) is 2.29. The van der Waals surface area contributed by atoms with Crippen LogP contribution in [-0.4, -0.2) is 0 Å². The first-order valence-electron chi connectivity index (χ1n) is 43.2. The number of rotatable bonds is 2. The molecule has 0 heteroatoms. The van der Waals surface area contributed by atoms with Gasteiger partial charge in [0, 0.05) is 0 Å². The Labute approximate surface area is 574 Å². The molecule has 0 aliphatic heterocycles. The van der Waals surface area contributed by atoms with Crippen molar-refractivity contribution in [3.05, 3.63) is 0 Å². The van der Waals surface area contributed by atoms with E-state index in [0.717, 1.165) is 225 Å². The van der Waals surface area contributed by atoms with Gasteiger partial charge in [0.25, 0.3) is 0 Å². The molecule has 0 aromatic rings. The van der Waals surface area contributed by atoms with Crippen LogP contribution >= 0.6 is 0 Å². The lowest BCUT2D eigenvalue weighted by Gasteiger charge is -2.36. The molecule has 0 aromatic heterocycles. The van der Waals surface area contributed by atoms with E-state index in [9.17, 15) is 0 Å². The normalized spacial score (nSPS) is 51.5. The van der Waals surface area contributed by atoms with Crippen molar-refractivity contribution in [3.63, 3.8) is 0 Å². The Morgan fingerprint density at radius 1 is 0.165 bits per heavy atom. The fraction of sp³-hybridized carbons (Fsp3) is 1.00. The Morgan fingerprint density at radius 3 is 0.308 bits per heavy atom. The molecule has 0 N–H and O–H groups in total. The van der Waals surface area contributed by atoms with Gasteiger partial charge < -0.3 is 0 Å². The Bertz CT molecular complexity index is 1520. The molecule has 18 fully saturated rings. The van der Waals surface area contributed by atoms with Gasteiger partial charge in [-0.3, -0.25) is 0 Å². The van der Waals surface area contributed by atoms with Crippen LogP contribution in [0.15, 0.2) is 0 Å². The highest BCUT2D eigenvalue weighted by Gasteiger charge is 2.51. The van der Waals surface area contributed by atoms with Crippen LogP contribution in [-0.2, 0) is 0 Å². The number of hydrogen-bond acceptors (Lipinski definition) is 0. The van der Waals surface area contributed by atoms with Gasteiger partial charge in [-0.1, -0.05) is 179 Å². The molecule has 0 saturated heterocycles. The zero-order chi connectivity index (χ0) is 66.4. The van der Waals surface area contributed by atoms with Crippen molar-refractivity contribution in [1.29, 1.82) is 0 Å². The highest BCUT2D eigenvalue weighted by Crippen LogP contribution is 2.59. The van der Waals surface area contributed by atoms with Crippen molar-refractivity contribution in [3.8, 4) is 0 Å². The maximum atomic E-state index is 2.44. The van der Waals surface area contributed by atoms with Crippen molar-refractivity contribution in [2.75, 3.05) is 0 Å². The zero-order valence-electron chi connectivity index (χ0n) is 66.4. The van der Waals surface area contributed by atoms with Gasteiger partial charge in [0.05, 0.1) is 0 Å². The van der Waals surface area contributed by atoms with Crippen molar-refractivity contribution >= 4 is 0 Å². The molecule has 18 saturated carbocycles. The maximum absolute atomic E-state index is 2.44. The highest BCUT2D eigenvalue weighted by molar-refractivity contribution is 5.00. The molecule has 0 heterocycles. The predicted molar refractivity (Wildman–Crippen MR) is 403 cm³/mol. The van der Waals surface area contributed by atoms with Crippen molar-refractivity contribution in [2.24, 2.45) is 225 Å². The lowest BCUT2D eigenvalue weighted by molar-refractivity contribution is 0.124. The van der Waals surface area contributed by atoms with E-state index in [1.807, 2.05) is 0 Å². The van der Waals surface area contributed by atoms with Gasteiger partial charge >= 0.3 is 0 Å². The van der Waals surface area contributed by atoms with Crippen LogP contribution in [0, 0.1) is 225 Å². The fourth-order valence-electron chi connectivity index (χ4n) is 27.3.